The number of piperidine rings is 1. The topological polar surface area (TPSA) is 110 Å². The Bertz CT molecular complexity index is 491. The molecule has 1 aliphatic heterocycles. The largest absolute Gasteiger partial charge is 0.393 e. The van der Waals surface area contributed by atoms with Crippen molar-refractivity contribution < 1.29 is 15.1 Å². The molecule has 0 unspecified atom stereocenters. The Balaban J connectivity index is 0.00000264. The van der Waals surface area contributed by atoms with Crippen LogP contribution in [0.25, 0.3) is 0 Å². The molecule has 0 amide bonds. The maximum absolute atomic E-state index is 11.0. The van der Waals surface area contributed by atoms with Crippen LogP contribution in [0.4, 0.5) is 5.69 Å². The predicted molar refractivity (Wildman–Crippen MR) is 87.1 cm³/mol. The van der Waals surface area contributed by atoms with Gasteiger partial charge in [-0.05, 0) is 52.7 Å². The Kier molecular flexibility index (Phi) is 6.20. The Morgan fingerprint density at radius 2 is 1.70 bits per heavy atom. The van der Waals surface area contributed by atoms with Crippen LogP contribution in [-0.2, 0) is 9.98 Å². The zero-order valence-electron chi connectivity index (χ0n) is 14.1. The lowest BCUT2D eigenvalue weighted by Crippen LogP contribution is -2.61. The van der Waals surface area contributed by atoms with Gasteiger partial charge in [0.05, 0.1) is 17.1 Å². The Morgan fingerprint density at radius 1 is 1.17 bits per heavy atom. The maximum atomic E-state index is 11.0. The molecule has 8 heteroatoms. The average Bonchev–Trinajstić information content (AvgIpc) is 2.41. The minimum atomic E-state index is -0.452. The van der Waals surface area contributed by atoms with E-state index in [2.05, 4.69) is 5.29 Å². The highest BCUT2D eigenvalue weighted by atomic mass is 17.4. The number of hydroxylamine groups is 2. The monoisotopic (exact) mass is 326 g/mol. The van der Waals surface area contributed by atoms with Gasteiger partial charge in [0.25, 0.3) is 0 Å². The van der Waals surface area contributed by atoms with Gasteiger partial charge in [0.1, 0.15) is 0 Å². The lowest BCUT2D eigenvalue weighted by Gasteiger charge is -2.51. The number of nitrogens with zero attached hydrogens (tertiary/aromatic N) is 3. The van der Waals surface area contributed by atoms with Gasteiger partial charge in [0, 0.05) is 11.1 Å². The third-order valence-electron chi connectivity index (χ3n) is 3.80. The van der Waals surface area contributed by atoms with Crippen molar-refractivity contribution in [3.05, 3.63) is 35.2 Å². The number of aliphatic hydroxyl groups excluding tert-OH is 1. The van der Waals surface area contributed by atoms with Crippen molar-refractivity contribution in [1.29, 1.82) is 0 Å². The molecule has 23 heavy (non-hydrogen) atoms. The lowest BCUT2D eigenvalue weighted by molar-refractivity contribution is -0.482. The third-order valence-corrected chi connectivity index (χ3v) is 3.80. The van der Waals surface area contributed by atoms with Crippen LogP contribution in [0, 0.1) is 4.91 Å². The summed E-state index contributed by atoms with van der Waals surface area (Å²) in [6.45, 7) is 7.78. The highest BCUT2D eigenvalue weighted by molar-refractivity contribution is 5.41. The summed E-state index contributed by atoms with van der Waals surface area (Å²) in [5.74, 6) is 0. The second kappa shape index (κ2) is 7.33. The van der Waals surface area contributed by atoms with Crippen molar-refractivity contribution in [2.75, 3.05) is 5.17 Å². The van der Waals surface area contributed by atoms with Crippen molar-refractivity contribution in [1.82, 2.24) is 11.2 Å². The van der Waals surface area contributed by atoms with E-state index in [1.54, 1.807) is 29.3 Å². The number of hydrogen-bond acceptors (Lipinski definition) is 7. The zero-order chi connectivity index (χ0) is 16.4. The van der Waals surface area contributed by atoms with Gasteiger partial charge in [-0.1, -0.05) is 28.4 Å². The molecule has 1 aliphatic rings. The van der Waals surface area contributed by atoms with Crippen LogP contribution in [0.2, 0.25) is 0 Å². The summed E-state index contributed by atoms with van der Waals surface area (Å²) in [6, 6.07) is 8.72. The van der Waals surface area contributed by atoms with Gasteiger partial charge in [0.15, 0.2) is 0 Å². The summed E-state index contributed by atoms with van der Waals surface area (Å²) in [4.78, 5) is 21.5. The summed E-state index contributed by atoms with van der Waals surface area (Å²) in [5, 5.41) is 15.2. The molecule has 1 saturated heterocycles. The van der Waals surface area contributed by atoms with Crippen molar-refractivity contribution in [3.8, 4) is 0 Å². The number of hydrogen-bond donors (Lipinski definition) is 2. The molecule has 1 aromatic rings. The van der Waals surface area contributed by atoms with Crippen LogP contribution in [-0.4, -0.2) is 27.4 Å². The second-order valence-electron chi connectivity index (χ2n) is 6.82. The van der Waals surface area contributed by atoms with E-state index in [4.69, 9.17) is 9.98 Å². The van der Waals surface area contributed by atoms with Crippen LogP contribution in [0.1, 0.15) is 40.5 Å². The molecule has 0 spiro atoms. The molecule has 1 aromatic carbocycles. The van der Waals surface area contributed by atoms with E-state index in [1.807, 2.05) is 33.8 Å². The van der Waals surface area contributed by atoms with Crippen molar-refractivity contribution in [2.45, 2.75) is 57.7 Å². The molecule has 0 atom stereocenters. The van der Waals surface area contributed by atoms with Gasteiger partial charge in [-0.2, -0.15) is 0 Å². The normalized spacial score (nSPS) is 20.6. The van der Waals surface area contributed by atoms with Crippen molar-refractivity contribution in [2.24, 2.45) is 5.29 Å². The fourth-order valence-corrected chi connectivity index (χ4v) is 3.14. The molecule has 1 heterocycles. The molecular formula is C15H26N4O4. The smallest absolute Gasteiger partial charge is 0.0966 e. The lowest BCUT2D eigenvalue weighted by atomic mass is 9.80. The van der Waals surface area contributed by atoms with Gasteiger partial charge in [-0.15, -0.1) is 15.0 Å². The van der Waals surface area contributed by atoms with Crippen LogP contribution in [0.3, 0.4) is 0 Å². The number of aliphatic hydroxyl groups is 1. The van der Waals surface area contributed by atoms with Crippen molar-refractivity contribution in [3.63, 3.8) is 0 Å². The summed E-state index contributed by atoms with van der Waals surface area (Å²) in [5.41, 5.74) is -0.441. The van der Waals surface area contributed by atoms with Crippen LogP contribution in [0.15, 0.2) is 35.6 Å². The van der Waals surface area contributed by atoms with E-state index in [9.17, 15) is 10.0 Å². The summed E-state index contributed by atoms with van der Waals surface area (Å²) in [7, 11) is 0. The van der Waals surface area contributed by atoms with Crippen LogP contribution in [0.5, 0.6) is 0 Å². The SMILES string of the molecule is CC1(C)CC(O)CC(C)(C)N1OON(N=O)c1ccccc1.N. The van der Waals surface area contributed by atoms with E-state index in [0.717, 1.165) is 5.17 Å². The molecular weight excluding hydrogens is 300 g/mol. The zero-order valence-corrected chi connectivity index (χ0v) is 14.1. The van der Waals surface area contributed by atoms with Gasteiger partial charge < -0.3 is 11.3 Å². The summed E-state index contributed by atoms with van der Waals surface area (Å²) >= 11 is 0. The Hall–Kier alpha value is -1.58. The van der Waals surface area contributed by atoms with E-state index >= 15 is 0 Å². The minimum absolute atomic E-state index is 0. The first-order valence-electron chi connectivity index (χ1n) is 7.28. The third kappa shape index (κ3) is 4.46. The number of rotatable bonds is 5. The molecule has 8 nitrogen and oxygen atoms in total. The number of para-hydroxylation sites is 1. The number of nitroso groups, excluding NO2 is 1. The predicted octanol–water partition coefficient (Wildman–Crippen LogP) is 3.13. The van der Waals surface area contributed by atoms with Crippen LogP contribution < -0.4 is 11.3 Å². The minimum Gasteiger partial charge on any atom is -0.393 e. The molecule has 0 aliphatic carbocycles. The van der Waals surface area contributed by atoms with E-state index in [0.29, 0.717) is 18.5 Å². The standard InChI is InChI=1S/C15H23N3O4.H3N/c1-14(2)10-13(19)11-15(3,4)18(14)22-21-17(16-20)12-8-6-5-7-9-12;/h5-9,13,19H,10-11H2,1-4H3;1H3. The number of anilines is 1. The molecule has 2 rings (SSSR count). The molecule has 0 saturated carbocycles. The van der Waals surface area contributed by atoms with Gasteiger partial charge in [-0.3, -0.25) is 0 Å². The number of benzene rings is 1. The molecule has 0 bridgehead atoms. The highest BCUT2D eigenvalue weighted by Crippen LogP contribution is 2.38. The van der Waals surface area contributed by atoms with Gasteiger partial charge in [-0.25, -0.2) is 0 Å². The maximum Gasteiger partial charge on any atom is 0.0966 e. The molecule has 0 aromatic heterocycles. The summed E-state index contributed by atoms with van der Waals surface area (Å²) in [6.07, 6.45) is 0.679. The van der Waals surface area contributed by atoms with Crippen LogP contribution >= 0.6 is 0 Å². The van der Waals surface area contributed by atoms with Crippen molar-refractivity contribution >= 4 is 5.69 Å². The Morgan fingerprint density at radius 3 is 2.17 bits per heavy atom. The molecule has 0 radical (unpaired) electrons. The molecule has 130 valence electrons. The molecule has 1 fully saturated rings. The first kappa shape index (κ1) is 19.5. The fraction of sp³-hybridized carbons (Fsp3) is 0.600. The van der Waals surface area contributed by atoms with E-state index in [-0.39, 0.29) is 6.15 Å². The fourth-order valence-electron chi connectivity index (χ4n) is 3.14. The first-order valence-corrected chi connectivity index (χ1v) is 7.28. The first-order chi connectivity index (χ1) is 10.3. The van der Waals surface area contributed by atoms with Gasteiger partial charge in [0.2, 0.25) is 0 Å². The van der Waals surface area contributed by atoms with E-state index in [1.165, 1.54) is 0 Å². The average molecular weight is 326 g/mol. The highest BCUT2D eigenvalue weighted by Gasteiger charge is 2.47. The Labute approximate surface area is 136 Å². The van der Waals surface area contributed by atoms with Gasteiger partial charge >= 0.3 is 0 Å². The molecule has 4 N–H and O–H groups in total. The van der Waals surface area contributed by atoms with E-state index < -0.39 is 17.2 Å². The second-order valence-corrected chi connectivity index (χ2v) is 6.82. The quantitative estimate of drug-likeness (QED) is 0.486. The summed E-state index contributed by atoms with van der Waals surface area (Å²) < 4.78 is 0.